The van der Waals surface area contributed by atoms with Crippen LogP contribution in [0.3, 0.4) is 0 Å². The lowest BCUT2D eigenvalue weighted by Crippen LogP contribution is -2.08. The Labute approximate surface area is 178 Å². The van der Waals surface area contributed by atoms with Crippen LogP contribution in [-0.4, -0.2) is 6.29 Å². The van der Waals surface area contributed by atoms with E-state index in [0.29, 0.717) is 5.92 Å². The van der Waals surface area contributed by atoms with Crippen LogP contribution < -0.4 is 0 Å². The molecule has 1 heteroatoms. The number of unbranched alkanes of at least 4 members (excludes halogenated alkanes) is 15. The molecule has 0 heterocycles. The summed E-state index contributed by atoms with van der Waals surface area (Å²) >= 11 is 0. The summed E-state index contributed by atoms with van der Waals surface area (Å²) in [5, 5.41) is 0. The van der Waals surface area contributed by atoms with Crippen LogP contribution in [0.4, 0.5) is 0 Å². The van der Waals surface area contributed by atoms with Crippen molar-refractivity contribution in [3.8, 4) is 0 Å². The van der Waals surface area contributed by atoms with E-state index in [1.165, 1.54) is 116 Å². The van der Waals surface area contributed by atoms with Crippen molar-refractivity contribution in [3.63, 3.8) is 0 Å². The van der Waals surface area contributed by atoms with Gasteiger partial charge in [0, 0.05) is 5.92 Å². The SMILES string of the molecule is CCCCCCCCCCCCCCCCCCC(C)CC(C)CC(C)C=O. The van der Waals surface area contributed by atoms with Gasteiger partial charge in [-0.1, -0.05) is 137 Å². The molecule has 0 radical (unpaired) electrons. The Hall–Kier alpha value is -0.330. The highest BCUT2D eigenvalue weighted by Crippen LogP contribution is 2.23. The van der Waals surface area contributed by atoms with Gasteiger partial charge >= 0.3 is 0 Å². The Bertz CT molecular complexity index is 311. The summed E-state index contributed by atoms with van der Waals surface area (Å²) < 4.78 is 0. The average Bonchev–Trinajstić information content (AvgIpc) is 2.67. The number of rotatable bonds is 22. The predicted molar refractivity (Wildman–Crippen MR) is 127 cm³/mol. The van der Waals surface area contributed by atoms with E-state index in [2.05, 4.69) is 20.8 Å². The van der Waals surface area contributed by atoms with Crippen LogP contribution in [0.2, 0.25) is 0 Å². The highest BCUT2D eigenvalue weighted by molar-refractivity contribution is 5.52. The van der Waals surface area contributed by atoms with Crippen LogP contribution in [0.15, 0.2) is 0 Å². The summed E-state index contributed by atoms with van der Waals surface area (Å²) in [5.74, 6) is 1.74. The van der Waals surface area contributed by atoms with Crippen LogP contribution in [0.1, 0.15) is 150 Å². The molecular weight excluding hydrogens is 340 g/mol. The lowest BCUT2D eigenvalue weighted by molar-refractivity contribution is -0.111. The molecule has 0 aromatic rings. The van der Waals surface area contributed by atoms with Gasteiger partial charge in [0.25, 0.3) is 0 Å². The van der Waals surface area contributed by atoms with Gasteiger partial charge in [-0.3, -0.25) is 0 Å². The van der Waals surface area contributed by atoms with Crippen LogP contribution in [-0.2, 0) is 4.79 Å². The fourth-order valence-corrected chi connectivity index (χ4v) is 4.63. The predicted octanol–water partition coefficient (Wildman–Crippen LogP) is 9.53. The molecule has 0 saturated carbocycles. The zero-order chi connectivity index (χ0) is 20.9. The standard InChI is InChI=1S/C27H54O/c1-5-6-7-8-9-10-11-12-13-14-15-16-17-18-19-20-21-25(2)22-26(3)23-27(4)24-28/h24-27H,5-23H2,1-4H3. The van der Waals surface area contributed by atoms with Crippen molar-refractivity contribution in [1.29, 1.82) is 0 Å². The minimum Gasteiger partial charge on any atom is -0.303 e. The van der Waals surface area contributed by atoms with Crippen LogP contribution in [0, 0.1) is 17.8 Å². The van der Waals surface area contributed by atoms with Crippen LogP contribution >= 0.6 is 0 Å². The first kappa shape index (κ1) is 27.7. The van der Waals surface area contributed by atoms with Gasteiger partial charge in [0.1, 0.15) is 6.29 Å². The summed E-state index contributed by atoms with van der Waals surface area (Å²) in [6, 6.07) is 0. The molecule has 168 valence electrons. The maximum Gasteiger partial charge on any atom is 0.122 e. The Kier molecular flexibility index (Phi) is 21.1. The first-order chi connectivity index (χ1) is 13.6. The molecule has 0 saturated heterocycles. The van der Waals surface area contributed by atoms with E-state index in [1.54, 1.807) is 0 Å². The molecule has 28 heavy (non-hydrogen) atoms. The molecule has 0 aromatic heterocycles. The molecule has 3 unspecified atom stereocenters. The zero-order valence-electron chi connectivity index (χ0n) is 20.2. The molecular formula is C27H54O. The third kappa shape index (κ3) is 20.4. The number of hydrogen-bond acceptors (Lipinski definition) is 1. The Morgan fingerprint density at radius 1 is 0.536 bits per heavy atom. The van der Waals surface area contributed by atoms with Gasteiger partial charge in [-0.15, -0.1) is 0 Å². The number of carbonyl (C=O) groups is 1. The fourth-order valence-electron chi connectivity index (χ4n) is 4.63. The second-order valence-corrected chi connectivity index (χ2v) is 9.89. The molecule has 0 bridgehead atoms. The number of aldehydes is 1. The summed E-state index contributed by atoms with van der Waals surface area (Å²) in [7, 11) is 0. The first-order valence-corrected chi connectivity index (χ1v) is 13.0. The lowest BCUT2D eigenvalue weighted by Gasteiger charge is -2.18. The first-order valence-electron chi connectivity index (χ1n) is 13.0. The largest absolute Gasteiger partial charge is 0.303 e. The van der Waals surface area contributed by atoms with Crippen molar-refractivity contribution in [3.05, 3.63) is 0 Å². The summed E-state index contributed by atoms with van der Waals surface area (Å²) in [6.45, 7) is 9.05. The molecule has 3 atom stereocenters. The topological polar surface area (TPSA) is 17.1 Å². The molecule has 0 aliphatic rings. The molecule has 0 aliphatic heterocycles. The third-order valence-corrected chi connectivity index (χ3v) is 6.36. The molecule has 1 nitrogen and oxygen atoms in total. The van der Waals surface area contributed by atoms with Gasteiger partial charge in [0.15, 0.2) is 0 Å². The Morgan fingerprint density at radius 3 is 1.32 bits per heavy atom. The maximum atomic E-state index is 10.8. The maximum absolute atomic E-state index is 10.8. The van der Waals surface area contributed by atoms with Crippen molar-refractivity contribution >= 4 is 6.29 Å². The normalized spacial score (nSPS) is 14.7. The van der Waals surface area contributed by atoms with Crippen molar-refractivity contribution < 1.29 is 4.79 Å². The van der Waals surface area contributed by atoms with Crippen molar-refractivity contribution in [2.24, 2.45) is 17.8 Å². The van der Waals surface area contributed by atoms with Gasteiger partial charge in [-0.25, -0.2) is 0 Å². The van der Waals surface area contributed by atoms with E-state index >= 15 is 0 Å². The fraction of sp³-hybridized carbons (Fsp3) is 0.963. The zero-order valence-corrected chi connectivity index (χ0v) is 20.2. The van der Waals surface area contributed by atoms with Crippen molar-refractivity contribution in [2.45, 2.75) is 150 Å². The number of carbonyl (C=O) groups excluding carboxylic acids is 1. The monoisotopic (exact) mass is 394 g/mol. The third-order valence-electron chi connectivity index (χ3n) is 6.36. The van der Waals surface area contributed by atoms with E-state index in [0.717, 1.165) is 18.6 Å². The van der Waals surface area contributed by atoms with Crippen molar-refractivity contribution in [2.75, 3.05) is 0 Å². The van der Waals surface area contributed by atoms with Gasteiger partial charge in [0.2, 0.25) is 0 Å². The Morgan fingerprint density at radius 2 is 0.929 bits per heavy atom. The molecule has 0 aromatic carbocycles. The lowest BCUT2D eigenvalue weighted by atomic mass is 9.87. The van der Waals surface area contributed by atoms with E-state index in [-0.39, 0.29) is 5.92 Å². The molecule has 0 amide bonds. The van der Waals surface area contributed by atoms with Crippen LogP contribution in [0.5, 0.6) is 0 Å². The number of hydrogen-bond donors (Lipinski definition) is 0. The van der Waals surface area contributed by atoms with Crippen molar-refractivity contribution in [1.82, 2.24) is 0 Å². The molecule has 0 N–H and O–H groups in total. The molecule has 0 spiro atoms. The minimum atomic E-state index is 0.234. The smallest absolute Gasteiger partial charge is 0.122 e. The van der Waals surface area contributed by atoms with E-state index in [4.69, 9.17) is 0 Å². The second-order valence-electron chi connectivity index (χ2n) is 9.89. The molecule has 0 rings (SSSR count). The van der Waals surface area contributed by atoms with Gasteiger partial charge in [-0.05, 0) is 24.7 Å². The highest BCUT2D eigenvalue weighted by Gasteiger charge is 2.11. The van der Waals surface area contributed by atoms with E-state index in [9.17, 15) is 4.79 Å². The van der Waals surface area contributed by atoms with E-state index < -0.39 is 0 Å². The van der Waals surface area contributed by atoms with E-state index in [1.807, 2.05) is 6.92 Å². The Balaban J connectivity index is 3.23. The summed E-state index contributed by atoms with van der Waals surface area (Å²) in [5.41, 5.74) is 0. The van der Waals surface area contributed by atoms with Crippen LogP contribution in [0.25, 0.3) is 0 Å². The molecule has 0 fully saturated rings. The summed E-state index contributed by atoms with van der Waals surface area (Å²) in [4.78, 5) is 10.8. The minimum absolute atomic E-state index is 0.234. The van der Waals surface area contributed by atoms with Gasteiger partial charge in [0.05, 0.1) is 0 Å². The quantitative estimate of drug-likeness (QED) is 0.132. The molecule has 0 aliphatic carbocycles. The summed E-state index contributed by atoms with van der Waals surface area (Å²) in [6.07, 6.45) is 27.9. The van der Waals surface area contributed by atoms with Gasteiger partial charge < -0.3 is 4.79 Å². The second kappa shape index (κ2) is 21.4. The van der Waals surface area contributed by atoms with Gasteiger partial charge in [-0.2, -0.15) is 0 Å². The average molecular weight is 395 g/mol. The highest BCUT2D eigenvalue weighted by atomic mass is 16.1.